The molecule has 0 saturated heterocycles. The number of hydrogen-bond acceptors (Lipinski definition) is 3. The second-order valence-corrected chi connectivity index (χ2v) is 5.95. The average Bonchev–Trinajstić information content (AvgIpc) is 2.88. The van der Waals surface area contributed by atoms with Crippen LogP contribution in [-0.2, 0) is 0 Å². The highest BCUT2D eigenvalue weighted by molar-refractivity contribution is 8.00. The zero-order valence-corrected chi connectivity index (χ0v) is 10.7. The molecule has 5 heteroatoms. The fourth-order valence-corrected chi connectivity index (χ4v) is 4.42. The summed E-state index contributed by atoms with van der Waals surface area (Å²) in [6, 6.07) is 4.15. The third-order valence-electron chi connectivity index (χ3n) is 3.12. The lowest BCUT2D eigenvalue weighted by molar-refractivity contribution is 1.03. The summed E-state index contributed by atoms with van der Waals surface area (Å²) in [5.41, 5.74) is 4.53. The molecular weight excluding hydrogens is 247 g/mol. The molecule has 0 spiro atoms. The second kappa shape index (κ2) is 3.18. The number of thiophene rings is 1. The molecule has 0 saturated carbocycles. The maximum atomic E-state index is 5.92. The molecule has 17 heavy (non-hydrogen) atoms. The molecule has 0 amide bonds. The van der Waals surface area contributed by atoms with E-state index in [0.29, 0.717) is 0 Å². The van der Waals surface area contributed by atoms with E-state index >= 15 is 0 Å². The summed E-state index contributed by atoms with van der Waals surface area (Å²) in [5, 5.41) is 9.99. The number of aryl methyl sites for hydroxylation is 1. The van der Waals surface area contributed by atoms with Gasteiger partial charge in [-0.1, -0.05) is 17.8 Å². The van der Waals surface area contributed by atoms with Gasteiger partial charge in [0.05, 0.1) is 5.52 Å². The third kappa shape index (κ3) is 1.16. The fraction of sp³-hybridized carbons (Fsp3) is 0.0833. The zero-order chi connectivity index (χ0) is 11.6. The lowest BCUT2D eigenvalue weighted by atomic mass is 10.1. The number of aromatic nitrogens is 2. The first-order valence-corrected chi connectivity index (χ1v) is 7.03. The largest absolute Gasteiger partial charge is 0.323 e. The van der Waals surface area contributed by atoms with Crippen LogP contribution in [0.25, 0.3) is 22.2 Å². The van der Waals surface area contributed by atoms with Crippen LogP contribution in [0.5, 0.6) is 0 Å². The van der Waals surface area contributed by atoms with Crippen LogP contribution in [0.2, 0.25) is 0 Å². The van der Waals surface area contributed by atoms with Gasteiger partial charge >= 0.3 is 0 Å². The van der Waals surface area contributed by atoms with Crippen molar-refractivity contribution >= 4 is 42.0 Å². The normalized spacial score (nSPS) is 13.0. The summed E-state index contributed by atoms with van der Waals surface area (Å²) in [5.74, 6) is 0. The monoisotopic (exact) mass is 254 g/mol. The van der Waals surface area contributed by atoms with Crippen molar-refractivity contribution in [1.29, 1.82) is 0 Å². The van der Waals surface area contributed by atoms with Crippen molar-refractivity contribution in [3.8, 4) is 11.3 Å². The predicted molar refractivity (Wildman–Crippen MR) is 73.1 cm³/mol. The van der Waals surface area contributed by atoms with Gasteiger partial charge in [-0.3, -0.25) is 0 Å². The second-order valence-electron chi connectivity index (χ2n) is 4.15. The summed E-state index contributed by atoms with van der Waals surface area (Å²) >= 11 is 3.54. The Morgan fingerprint density at radius 3 is 3.06 bits per heavy atom. The minimum absolute atomic E-state index is 1.00. The molecule has 1 aliphatic rings. The Hall–Kier alpha value is -1.20. The van der Waals surface area contributed by atoms with Crippen molar-refractivity contribution in [3.05, 3.63) is 28.5 Å². The Kier molecular flexibility index (Phi) is 1.83. The summed E-state index contributed by atoms with van der Waals surface area (Å²) in [6.45, 7) is 2.14. The Morgan fingerprint density at radius 1 is 1.29 bits per heavy atom. The standard InChI is InChI=1S/C12H7BN2S2/c1-6-2-3-8-10-11(14-15(8)13)7-4-16-5-9(7)17-12(6)10/h2-5H,1H3. The molecule has 2 radical (unpaired) electrons. The molecule has 4 rings (SSSR count). The maximum Gasteiger partial charge on any atom is 0.265 e. The summed E-state index contributed by atoms with van der Waals surface area (Å²) in [6.07, 6.45) is 0. The molecule has 1 aliphatic heterocycles. The maximum absolute atomic E-state index is 5.92. The number of nitrogens with zero attached hydrogens (tertiary/aromatic N) is 2. The quantitative estimate of drug-likeness (QED) is 0.447. The molecule has 0 aliphatic carbocycles. The van der Waals surface area contributed by atoms with Crippen LogP contribution in [0.15, 0.2) is 32.7 Å². The lowest BCUT2D eigenvalue weighted by Gasteiger charge is -2.13. The molecule has 0 bridgehead atoms. The highest BCUT2D eigenvalue weighted by atomic mass is 32.2. The summed E-state index contributed by atoms with van der Waals surface area (Å²) in [4.78, 5) is 2.58. The Morgan fingerprint density at radius 2 is 2.18 bits per heavy atom. The molecule has 3 heterocycles. The van der Waals surface area contributed by atoms with E-state index in [4.69, 9.17) is 7.98 Å². The number of benzene rings is 1. The SMILES string of the molecule is [B]n1nc2c3c(c(C)ccc31)Sc1cscc1-2. The van der Waals surface area contributed by atoms with Crippen LogP contribution in [0.1, 0.15) is 5.56 Å². The van der Waals surface area contributed by atoms with Crippen LogP contribution >= 0.6 is 23.1 Å². The van der Waals surface area contributed by atoms with Crippen LogP contribution in [0.4, 0.5) is 0 Å². The minimum atomic E-state index is 1.00. The van der Waals surface area contributed by atoms with E-state index in [1.54, 1.807) is 11.3 Å². The Bertz CT molecular complexity index is 757. The third-order valence-corrected chi connectivity index (χ3v) is 5.30. The van der Waals surface area contributed by atoms with Gasteiger partial charge in [0, 0.05) is 31.5 Å². The smallest absolute Gasteiger partial charge is 0.265 e. The highest BCUT2D eigenvalue weighted by Crippen LogP contribution is 2.49. The van der Waals surface area contributed by atoms with Gasteiger partial charge in [-0.2, -0.15) is 16.4 Å². The van der Waals surface area contributed by atoms with Crippen molar-refractivity contribution in [2.45, 2.75) is 16.7 Å². The van der Waals surface area contributed by atoms with Gasteiger partial charge in [0.1, 0.15) is 5.69 Å². The van der Waals surface area contributed by atoms with Gasteiger partial charge in [0.2, 0.25) is 0 Å². The van der Waals surface area contributed by atoms with Crippen LogP contribution in [0.3, 0.4) is 0 Å². The predicted octanol–water partition coefficient (Wildman–Crippen LogP) is 3.47. The summed E-state index contributed by atoms with van der Waals surface area (Å²) in [7, 11) is 5.92. The molecular formula is C12H7BN2S2. The van der Waals surface area contributed by atoms with E-state index in [1.807, 2.05) is 17.8 Å². The number of fused-ring (bicyclic) bond motifs is 2. The van der Waals surface area contributed by atoms with E-state index in [2.05, 4.69) is 28.8 Å². The van der Waals surface area contributed by atoms with Gasteiger partial charge in [0.25, 0.3) is 7.98 Å². The van der Waals surface area contributed by atoms with Gasteiger partial charge in [-0.05, 0) is 18.6 Å². The van der Waals surface area contributed by atoms with Crippen LogP contribution in [-0.4, -0.2) is 17.7 Å². The molecule has 80 valence electrons. The summed E-state index contributed by atoms with van der Waals surface area (Å²) < 4.78 is 1.49. The van der Waals surface area contributed by atoms with Crippen molar-refractivity contribution in [2.75, 3.05) is 0 Å². The zero-order valence-electron chi connectivity index (χ0n) is 9.10. The van der Waals surface area contributed by atoms with E-state index in [1.165, 1.54) is 30.9 Å². The van der Waals surface area contributed by atoms with Crippen molar-refractivity contribution in [1.82, 2.24) is 9.69 Å². The number of hydrogen-bond donors (Lipinski definition) is 0. The van der Waals surface area contributed by atoms with Crippen LogP contribution in [0, 0.1) is 6.92 Å². The fourth-order valence-electron chi connectivity index (χ4n) is 2.27. The molecule has 0 fully saturated rings. The van der Waals surface area contributed by atoms with E-state index in [9.17, 15) is 0 Å². The van der Waals surface area contributed by atoms with E-state index in [0.717, 1.165) is 11.2 Å². The lowest BCUT2D eigenvalue weighted by Crippen LogP contribution is -1.92. The topological polar surface area (TPSA) is 17.8 Å². The minimum Gasteiger partial charge on any atom is -0.323 e. The van der Waals surface area contributed by atoms with Crippen molar-refractivity contribution in [3.63, 3.8) is 0 Å². The van der Waals surface area contributed by atoms with Gasteiger partial charge < -0.3 is 4.59 Å². The molecule has 3 aromatic rings. The molecule has 2 aromatic heterocycles. The average molecular weight is 254 g/mol. The Labute approximate surface area is 108 Å². The van der Waals surface area contributed by atoms with Crippen molar-refractivity contribution in [2.24, 2.45) is 0 Å². The van der Waals surface area contributed by atoms with E-state index in [-0.39, 0.29) is 0 Å². The first-order chi connectivity index (χ1) is 8.25. The molecule has 2 nitrogen and oxygen atoms in total. The molecule has 0 unspecified atom stereocenters. The molecule has 0 atom stereocenters. The van der Waals surface area contributed by atoms with E-state index < -0.39 is 0 Å². The first-order valence-electron chi connectivity index (χ1n) is 5.27. The van der Waals surface area contributed by atoms with Gasteiger partial charge in [0.15, 0.2) is 0 Å². The van der Waals surface area contributed by atoms with Gasteiger partial charge in [-0.15, -0.1) is 0 Å². The Balaban J connectivity index is 2.26. The van der Waals surface area contributed by atoms with Crippen LogP contribution < -0.4 is 0 Å². The molecule has 0 N–H and O–H groups in total. The first kappa shape index (κ1) is 9.80. The highest BCUT2D eigenvalue weighted by Gasteiger charge is 2.24. The number of rotatable bonds is 0. The van der Waals surface area contributed by atoms with Crippen molar-refractivity contribution < 1.29 is 0 Å². The molecule has 1 aromatic carbocycles. The van der Waals surface area contributed by atoms with Gasteiger partial charge in [-0.25, -0.2) is 0 Å².